The zero-order valence-corrected chi connectivity index (χ0v) is 19.2. The Kier molecular flexibility index (Phi) is 8.78. The van der Waals surface area contributed by atoms with Gasteiger partial charge >= 0.3 is 0 Å². The molecule has 2 aromatic carbocycles. The van der Waals surface area contributed by atoms with Crippen molar-refractivity contribution in [1.29, 1.82) is 0 Å². The highest BCUT2D eigenvalue weighted by Crippen LogP contribution is 2.29. The monoisotopic (exact) mass is 468 g/mol. The summed E-state index contributed by atoms with van der Waals surface area (Å²) in [5.41, 5.74) is 3.37. The molecule has 0 saturated carbocycles. The topological polar surface area (TPSA) is 70.0 Å². The fourth-order valence-electron chi connectivity index (χ4n) is 2.83. The van der Waals surface area contributed by atoms with Gasteiger partial charge in [0.15, 0.2) is 0 Å². The third-order valence-electron chi connectivity index (χ3n) is 4.28. The lowest BCUT2D eigenvalue weighted by molar-refractivity contribution is 0.318. The van der Waals surface area contributed by atoms with Crippen LogP contribution in [0.1, 0.15) is 13.3 Å². The highest BCUT2D eigenvalue weighted by Gasteiger charge is 2.08. The van der Waals surface area contributed by atoms with E-state index in [2.05, 4.69) is 26.9 Å². The van der Waals surface area contributed by atoms with Gasteiger partial charge in [-0.05, 0) is 30.7 Å². The van der Waals surface area contributed by atoms with Crippen molar-refractivity contribution in [1.82, 2.24) is 19.9 Å². The van der Waals surface area contributed by atoms with Gasteiger partial charge in [0, 0.05) is 23.3 Å². The van der Waals surface area contributed by atoms with Gasteiger partial charge in [-0.3, -0.25) is 0 Å². The molecule has 0 fully saturated rings. The minimum atomic E-state index is 0.422. The van der Waals surface area contributed by atoms with E-state index in [0.29, 0.717) is 16.9 Å². The van der Waals surface area contributed by atoms with Crippen LogP contribution < -0.4 is 9.47 Å². The van der Waals surface area contributed by atoms with E-state index in [1.165, 1.54) is 12.7 Å². The summed E-state index contributed by atoms with van der Waals surface area (Å²) in [6.45, 7) is 2.76. The van der Waals surface area contributed by atoms with Crippen molar-refractivity contribution in [2.45, 2.75) is 13.3 Å². The maximum Gasteiger partial charge on any atom is 0.133 e. The molecule has 4 rings (SSSR count). The summed E-state index contributed by atoms with van der Waals surface area (Å²) in [5.74, 6) is 1.59. The van der Waals surface area contributed by atoms with Crippen LogP contribution in [-0.4, -0.2) is 33.7 Å². The van der Waals surface area contributed by atoms with Crippen LogP contribution in [0.5, 0.6) is 11.5 Å². The lowest BCUT2D eigenvalue weighted by Crippen LogP contribution is -1.97. The molecule has 0 N–H and O–H groups in total. The molecule has 0 radical (unpaired) electrons. The second-order valence-corrected chi connectivity index (χ2v) is 7.27. The molecule has 2 aromatic heterocycles. The van der Waals surface area contributed by atoms with Crippen LogP contribution in [0.2, 0.25) is 10.3 Å². The number of hydrogen-bond acceptors (Lipinski definition) is 6. The van der Waals surface area contributed by atoms with Crippen molar-refractivity contribution in [2.24, 2.45) is 0 Å². The summed E-state index contributed by atoms with van der Waals surface area (Å²) in [7, 11) is 1.63. The Morgan fingerprint density at radius 1 is 0.719 bits per heavy atom. The highest BCUT2D eigenvalue weighted by atomic mass is 35.5. The van der Waals surface area contributed by atoms with E-state index in [9.17, 15) is 0 Å². The average Bonchev–Trinajstić information content (AvgIpc) is 2.83. The van der Waals surface area contributed by atoms with E-state index in [-0.39, 0.29) is 0 Å². The first kappa shape index (κ1) is 23.4. The lowest BCUT2D eigenvalue weighted by atomic mass is 10.1. The predicted molar refractivity (Wildman–Crippen MR) is 127 cm³/mol. The number of nitrogens with zero attached hydrogens (tertiary/aromatic N) is 4. The zero-order chi connectivity index (χ0) is 22.8. The number of benzene rings is 2. The van der Waals surface area contributed by atoms with Crippen molar-refractivity contribution < 1.29 is 9.47 Å². The molecular formula is C24H22Cl2N4O2. The van der Waals surface area contributed by atoms with Gasteiger partial charge in [-0.2, -0.15) is 0 Å². The summed E-state index contributed by atoms with van der Waals surface area (Å²) >= 11 is 11.7. The molecule has 32 heavy (non-hydrogen) atoms. The van der Waals surface area contributed by atoms with E-state index in [1.54, 1.807) is 19.2 Å². The van der Waals surface area contributed by atoms with Crippen LogP contribution in [0.4, 0.5) is 0 Å². The van der Waals surface area contributed by atoms with Crippen LogP contribution in [0, 0.1) is 0 Å². The van der Waals surface area contributed by atoms with Crippen LogP contribution >= 0.6 is 23.2 Å². The molecule has 0 aliphatic heterocycles. The maximum absolute atomic E-state index is 5.86. The van der Waals surface area contributed by atoms with Gasteiger partial charge in [-0.25, -0.2) is 19.9 Å². The van der Waals surface area contributed by atoms with Gasteiger partial charge in [-0.1, -0.05) is 54.4 Å². The van der Waals surface area contributed by atoms with Crippen molar-refractivity contribution in [3.05, 3.63) is 83.6 Å². The molecule has 0 saturated heterocycles. The molecule has 6 nitrogen and oxygen atoms in total. The molecule has 0 spiro atoms. The normalized spacial score (nSPS) is 10.1. The predicted octanol–water partition coefficient (Wildman–Crippen LogP) is 6.39. The van der Waals surface area contributed by atoms with Crippen LogP contribution in [0.15, 0.2) is 73.3 Å². The molecule has 0 unspecified atom stereocenters. The second kappa shape index (κ2) is 12.0. The molecule has 164 valence electrons. The molecule has 8 heteroatoms. The maximum atomic E-state index is 5.86. The lowest BCUT2D eigenvalue weighted by Gasteiger charge is -2.10. The molecule has 2 heterocycles. The molecule has 4 aromatic rings. The number of rotatable bonds is 6. The van der Waals surface area contributed by atoms with Gasteiger partial charge in [0.25, 0.3) is 0 Å². The molecule has 0 atom stereocenters. The van der Waals surface area contributed by atoms with Gasteiger partial charge in [-0.15, -0.1) is 0 Å². The zero-order valence-electron chi connectivity index (χ0n) is 17.7. The molecular weight excluding hydrogens is 447 g/mol. The average molecular weight is 469 g/mol. The summed E-state index contributed by atoms with van der Waals surface area (Å²) in [6.07, 6.45) is 3.86. The number of aromatic nitrogens is 4. The SMILES string of the molecule is CCCOc1ccccc1-c1cc(Cl)ncn1.COc1ccccc1-c1cc(Cl)ncn1. The largest absolute Gasteiger partial charge is 0.496 e. The van der Waals surface area contributed by atoms with E-state index >= 15 is 0 Å². The molecule has 0 amide bonds. The van der Waals surface area contributed by atoms with E-state index in [4.69, 9.17) is 32.7 Å². The first-order chi connectivity index (χ1) is 15.6. The van der Waals surface area contributed by atoms with Crippen LogP contribution in [0.3, 0.4) is 0 Å². The van der Waals surface area contributed by atoms with Crippen molar-refractivity contribution in [3.8, 4) is 34.0 Å². The van der Waals surface area contributed by atoms with Gasteiger partial charge < -0.3 is 9.47 Å². The Hall–Kier alpha value is -3.22. The number of para-hydroxylation sites is 2. The Balaban J connectivity index is 0.000000182. The van der Waals surface area contributed by atoms with E-state index in [1.807, 2.05) is 48.5 Å². The number of ether oxygens (including phenoxy) is 2. The first-order valence-corrected chi connectivity index (χ1v) is 10.7. The minimum absolute atomic E-state index is 0.422. The van der Waals surface area contributed by atoms with Crippen molar-refractivity contribution in [3.63, 3.8) is 0 Å². The fraction of sp³-hybridized carbons (Fsp3) is 0.167. The third kappa shape index (κ3) is 6.39. The quantitative estimate of drug-likeness (QED) is 0.305. The van der Waals surface area contributed by atoms with E-state index in [0.717, 1.165) is 40.4 Å². The molecule has 0 aliphatic rings. The van der Waals surface area contributed by atoms with E-state index < -0.39 is 0 Å². The van der Waals surface area contributed by atoms with Crippen LogP contribution in [0.25, 0.3) is 22.5 Å². The number of hydrogen-bond donors (Lipinski definition) is 0. The van der Waals surface area contributed by atoms with Crippen molar-refractivity contribution >= 4 is 23.2 Å². The Morgan fingerprint density at radius 2 is 1.22 bits per heavy atom. The number of methoxy groups -OCH3 is 1. The highest BCUT2D eigenvalue weighted by molar-refractivity contribution is 6.29. The summed E-state index contributed by atoms with van der Waals surface area (Å²) in [4.78, 5) is 16.1. The van der Waals surface area contributed by atoms with Gasteiger partial charge in [0.05, 0.1) is 25.1 Å². The third-order valence-corrected chi connectivity index (χ3v) is 4.69. The Morgan fingerprint density at radius 3 is 1.72 bits per heavy atom. The number of halogens is 2. The molecule has 0 aliphatic carbocycles. The molecule has 0 bridgehead atoms. The smallest absolute Gasteiger partial charge is 0.133 e. The van der Waals surface area contributed by atoms with Crippen LogP contribution in [-0.2, 0) is 0 Å². The van der Waals surface area contributed by atoms with Gasteiger partial charge in [0.1, 0.15) is 34.5 Å². The second-order valence-electron chi connectivity index (χ2n) is 6.50. The Bertz CT molecular complexity index is 1160. The van der Waals surface area contributed by atoms with Gasteiger partial charge in [0.2, 0.25) is 0 Å². The summed E-state index contributed by atoms with van der Waals surface area (Å²) in [6, 6.07) is 18.9. The first-order valence-electron chi connectivity index (χ1n) is 9.93. The summed E-state index contributed by atoms with van der Waals surface area (Å²) in [5, 5.41) is 0.853. The Labute approximate surface area is 197 Å². The standard InChI is InChI=1S/C13H13ClN2O.C11H9ClN2O/c1-2-7-17-12-6-4-3-5-10(12)11-8-13(14)16-9-15-11;1-15-10-5-3-2-4-8(10)9-6-11(12)14-7-13-9/h3-6,8-9H,2,7H2,1H3;2-7H,1H3. The van der Waals surface area contributed by atoms with Crippen molar-refractivity contribution in [2.75, 3.05) is 13.7 Å². The minimum Gasteiger partial charge on any atom is -0.496 e. The summed E-state index contributed by atoms with van der Waals surface area (Å²) < 4.78 is 10.9. The fourth-order valence-corrected chi connectivity index (χ4v) is 3.13.